The predicted octanol–water partition coefficient (Wildman–Crippen LogP) is 5.56. The maximum Gasteiger partial charge on any atom is 0.0490 e. The Morgan fingerprint density at radius 1 is 0.682 bits per heavy atom. The molecule has 4 rings (SSSR count). The first-order chi connectivity index (χ1) is 10.9. The van der Waals surface area contributed by atoms with Gasteiger partial charge < -0.3 is 4.90 Å². The summed E-state index contributed by atoms with van der Waals surface area (Å²) in [5.74, 6) is 0. The van der Waals surface area contributed by atoms with Gasteiger partial charge in [0, 0.05) is 17.6 Å². The molecule has 0 aromatic heterocycles. The van der Waals surface area contributed by atoms with Gasteiger partial charge >= 0.3 is 0 Å². The largest absolute Gasteiger partial charge is 0.317 e. The summed E-state index contributed by atoms with van der Waals surface area (Å²) in [4.78, 5) is 2.27. The van der Waals surface area contributed by atoms with Crippen LogP contribution in [-0.4, -0.2) is 0 Å². The lowest BCUT2D eigenvalue weighted by Gasteiger charge is -2.27. The lowest BCUT2D eigenvalue weighted by atomic mass is 10.0. The highest BCUT2D eigenvalue weighted by Crippen LogP contribution is 2.34. The van der Waals surface area contributed by atoms with Crippen molar-refractivity contribution in [2.45, 2.75) is 6.42 Å². The smallest absolute Gasteiger partial charge is 0.0490 e. The summed E-state index contributed by atoms with van der Waals surface area (Å²) in [5, 5.41) is 0. The number of anilines is 2. The van der Waals surface area contributed by atoms with E-state index in [-0.39, 0.29) is 0 Å². The molecule has 1 aliphatic rings. The molecule has 1 aliphatic heterocycles. The maximum atomic E-state index is 2.27. The SMILES string of the molecule is C1=CN(c2cccc(-c3ccccc3)c2)c2ccccc2C1. The number of nitrogens with zero attached hydrogens (tertiary/aromatic N) is 1. The number of benzene rings is 3. The van der Waals surface area contributed by atoms with Crippen LogP contribution in [0.15, 0.2) is 91.1 Å². The van der Waals surface area contributed by atoms with E-state index in [9.17, 15) is 0 Å². The first-order valence-electron chi connectivity index (χ1n) is 7.61. The fourth-order valence-corrected chi connectivity index (χ4v) is 2.97. The Kier molecular flexibility index (Phi) is 3.24. The third-order valence-corrected chi connectivity index (χ3v) is 4.07. The van der Waals surface area contributed by atoms with Crippen LogP contribution < -0.4 is 4.90 Å². The molecule has 1 heteroatoms. The standard InChI is InChI=1S/C21H17N/c1-2-8-17(9-3-1)19-11-6-13-20(16-19)22-15-7-12-18-10-4-5-14-21(18)22/h1-11,13-16H,12H2. The number of allylic oxidation sites excluding steroid dienone is 1. The molecule has 3 aromatic carbocycles. The Hall–Kier alpha value is -2.80. The highest BCUT2D eigenvalue weighted by molar-refractivity contribution is 5.75. The van der Waals surface area contributed by atoms with Crippen LogP contribution in [0.5, 0.6) is 0 Å². The van der Waals surface area contributed by atoms with Crippen molar-refractivity contribution in [1.82, 2.24) is 0 Å². The molecule has 106 valence electrons. The Bertz CT molecular complexity index is 818. The minimum Gasteiger partial charge on any atom is -0.317 e. The van der Waals surface area contributed by atoms with Crippen LogP contribution in [-0.2, 0) is 6.42 Å². The van der Waals surface area contributed by atoms with E-state index >= 15 is 0 Å². The Labute approximate surface area is 131 Å². The minimum atomic E-state index is 1.01. The van der Waals surface area contributed by atoms with Crippen LogP contribution in [0.3, 0.4) is 0 Å². The van der Waals surface area contributed by atoms with Gasteiger partial charge in [-0.05, 0) is 41.3 Å². The average Bonchev–Trinajstić information content (AvgIpc) is 2.62. The minimum absolute atomic E-state index is 1.01. The highest BCUT2D eigenvalue weighted by Gasteiger charge is 2.14. The lowest BCUT2D eigenvalue weighted by molar-refractivity contribution is 1.13. The predicted molar refractivity (Wildman–Crippen MR) is 93.3 cm³/mol. The maximum absolute atomic E-state index is 2.27. The Balaban J connectivity index is 1.78. The number of hydrogen-bond donors (Lipinski definition) is 0. The van der Waals surface area contributed by atoms with Crippen molar-refractivity contribution in [3.05, 3.63) is 96.7 Å². The molecule has 0 saturated carbocycles. The van der Waals surface area contributed by atoms with E-state index in [0.29, 0.717) is 0 Å². The molecule has 0 atom stereocenters. The molecule has 0 aliphatic carbocycles. The van der Waals surface area contributed by atoms with Crippen LogP contribution in [0, 0.1) is 0 Å². The fraction of sp³-hybridized carbons (Fsp3) is 0.0476. The summed E-state index contributed by atoms with van der Waals surface area (Å²) >= 11 is 0. The van der Waals surface area contributed by atoms with E-state index in [4.69, 9.17) is 0 Å². The third kappa shape index (κ3) is 2.31. The molecule has 1 nitrogen and oxygen atoms in total. The van der Waals surface area contributed by atoms with Gasteiger partial charge in [0.25, 0.3) is 0 Å². The molecule has 0 bridgehead atoms. The van der Waals surface area contributed by atoms with Crippen molar-refractivity contribution < 1.29 is 0 Å². The second-order valence-corrected chi connectivity index (χ2v) is 5.50. The van der Waals surface area contributed by atoms with Crippen LogP contribution in [0.2, 0.25) is 0 Å². The summed E-state index contributed by atoms with van der Waals surface area (Å²) in [6, 6.07) is 27.8. The molecule has 0 unspecified atom stereocenters. The molecule has 0 spiro atoms. The van der Waals surface area contributed by atoms with E-state index in [1.165, 1.54) is 28.1 Å². The third-order valence-electron chi connectivity index (χ3n) is 4.07. The first kappa shape index (κ1) is 12.9. The van der Waals surface area contributed by atoms with Gasteiger partial charge in [0.05, 0.1) is 0 Å². The normalized spacial score (nSPS) is 13.0. The molecule has 0 fully saturated rings. The molecular formula is C21H17N. The quantitative estimate of drug-likeness (QED) is 0.595. The van der Waals surface area contributed by atoms with Crippen LogP contribution in [0.1, 0.15) is 5.56 Å². The summed E-state index contributed by atoms with van der Waals surface area (Å²) in [6.45, 7) is 0. The zero-order valence-corrected chi connectivity index (χ0v) is 12.3. The fourth-order valence-electron chi connectivity index (χ4n) is 2.97. The summed E-state index contributed by atoms with van der Waals surface area (Å²) in [6.07, 6.45) is 5.40. The number of para-hydroxylation sites is 1. The summed E-state index contributed by atoms with van der Waals surface area (Å²) in [5.41, 5.74) is 6.34. The summed E-state index contributed by atoms with van der Waals surface area (Å²) in [7, 11) is 0. The number of fused-ring (bicyclic) bond motifs is 1. The van der Waals surface area contributed by atoms with Gasteiger partial charge in [0.2, 0.25) is 0 Å². The van der Waals surface area contributed by atoms with E-state index < -0.39 is 0 Å². The van der Waals surface area contributed by atoms with Crippen molar-refractivity contribution in [3.63, 3.8) is 0 Å². The molecule has 0 N–H and O–H groups in total. The molecule has 0 amide bonds. The zero-order chi connectivity index (χ0) is 14.8. The second kappa shape index (κ2) is 5.53. The zero-order valence-electron chi connectivity index (χ0n) is 12.3. The van der Waals surface area contributed by atoms with E-state index in [0.717, 1.165) is 6.42 Å². The van der Waals surface area contributed by atoms with Gasteiger partial charge in [-0.1, -0.05) is 66.7 Å². The number of rotatable bonds is 2. The number of hydrogen-bond acceptors (Lipinski definition) is 1. The molecule has 0 saturated heterocycles. The molecule has 0 radical (unpaired) electrons. The molecule has 22 heavy (non-hydrogen) atoms. The topological polar surface area (TPSA) is 3.24 Å². The highest BCUT2D eigenvalue weighted by atomic mass is 15.1. The van der Waals surface area contributed by atoms with Crippen LogP contribution >= 0.6 is 0 Å². The van der Waals surface area contributed by atoms with E-state index in [1.54, 1.807) is 0 Å². The Morgan fingerprint density at radius 3 is 2.36 bits per heavy atom. The van der Waals surface area contributed by atoms with Crippen LogP contribution in [0.25, 0.3) is 11.1 Å². The van der Waals surface area contributed by atoms with Gasteiger partial charge in [-0.15, -0.1) is 0 Å². The van der Waals surface area contributed by atoms with Gasteiger partial charge in [-0.3, -0.25) is 0 Å². The van der Waals surface area contributed by atoms with Gasteiger partial charge in [-0.25, -0.2) is 0 Å². The first-order valence-corrected chi connectivity index (χ1v) is 7.61. The second-order valence-electron chi connectivity index (χ2n) is 5.50. The van der Waals surface area contributed by atoms with E-state index in [1.807, 2.05) is 0 Å². The molecular weight excluding hydrogens is 266 g/mol. The van der Waals surface area contributed by atoms with Crippen LogP contribution in [0.4, 0.5) is 11.4 Å². The summed E-state index contributed by atoms with van der Waals surface area (Å²) < 4.78 is 0. The Morgan fingerprint density at radius 2 is 1.45 bits per heavy atom. The average molecular weight is 283 g/mol. The molecule has 3 aromatic rings. The van der Waals surface area contributed by atoms with Gasteiger partial charge in [-0.2, -0.15) is 0 Å². The molecule has 1 heterocycles. The van der Waals surface area contributed by atoms with Crippen molar-refractivity contribution in [2.24, 2.45) is 0 Å². The van der Waals surface area contributed by atoms with Gasteiger partial charge in [0.1, 0.15) is 0 Å². The van der Waals surface area contributed by atoms with Crippen molar-refractivity contribution in [2.75, 3.05) is 4.90 Å². The van der Waals surface area contributed by atoms with Gasteiger partial charge in [0.15, 0.2) is 0 Å². The van der Waals surface area contributed by atoms with Crippen molar-refractivity contribution in [3.8, 4) is 11.1 Å². The van der Waals surface area contributed by atoms with Crippen molar-refractivity contribution >= 4 is 11.4 Å². The monoisotopic (exact) mass is 283 g/mol. The van der Waals surface area contributed by atoms with Crippen molar-refractivity contribution in [1.29, 1.82) is 0 Å². The lowest BCUT2D eigenvalue weighted by Crippen LogP contribution is -2.13. The van der Waals surface area contributed by atoms with E-state index in [2.05, 4.69) is 96.0 Å².